The number of carbonyl (C=O) groups excluding carboxylic acids is 1. The highest BCUT2D eigenvalue weighted by Crippen LogP contribution is 2.19. The van der Waals surface area contributed by atoms with E-state index in [4.69, 9.17) is 5.26 Å². The van der Waals surface area contributed by atoms with Crippen LogP contribution >= 0.6 is 0 Å². The molecular weight excluding hydrogens is 230 g/mol. The molecule has 1 unspecified atom stereocenters. The van der Waals surface area contributed by atoms with Crippen LogP contribution in [0.25, 0.3) is 0 Å². The van der Waals surface area contributed by atoms with Crippen LogP contribution in [0.2, 0.25) is 0 Å². The van der Waals surface area contributed by atoms with E-state index in [9.17, 15) is 4.79 Å². The van der Waals surface area contributed by atoms with Crippen molar-refractivity contribution in [2.24, 2.45) is 5.10 Å². The number of rotatable bonds is 2. The molecule has 1 amide bonds. The Kier molecular flexibility index (Phi) is 2.98. The van der Waals surface area contributed by atoms with Crippen LogP contribution in [-0.2, 0) is 4.79 Å². The molecule has 1 aliphatic heterocycles. The number of hydrogen-bond donors (Lipinski definition) is 2. The van der Waals surface area contributed by atoms with E-state index in [1.54, 1.807) is 19.1 Å². The van der Waals surface area contributed by atoms with Gasteiger partial charge in [-0.15, -0.1) is 0 Å². The predicted molar refractivity (Wildman–Crippen MR) is 66.8 cm³/mol. The van der Waals surface area contributed by atoms with Gasteiger partial charge in [0.2, 0.25) is 0 Å². The maximum Gasteiger partial charge on any atom is 0.251 e. The second-order valence-electron chi connectivity index (χ2n) is 4.47. The molecule has 0 saturated heterocycles. The minimum atomic E-state index is -0.724. The molecule has 1 aromatic heterocycles. The van der Waals surface area contributed by atoms with Gasteiger partial charge in [0.1, 0.15) is 17.3 Å². The summed E-state index contributed by atoms with van der Waals surface area (Å²) in [7, 11) is 0. The van der Waals surface area contributed by atoms with Gasteiger partial charge in [-0.25, -0.2) is 4.98 Å². The van der Waals surface area contributed by atoms with E-state index in [0.29, 0.717) is 17.8 Å². The molecule has 2 N–H and O–H groups in total. The van der Waals surface area contributed by atoms with Crippen molar-refractivity contribution in [3.05, 3.63) is 24.0 Å². The van der Waals surface area contributed by atoms with Gasteiger partial charge in [-0.05, 0) is 26.0 Å². The van der Waals surface area contributed by atoms with Crippen LogP contribution < -0.4 is 10.7 Å². The topological polar surface area (TPSA) is 90.2 Å². The molecule has 0 aromatic carbocycles. The lowest BCUT2D eigenvalue weighted by molar-refractivity contribution is -0.121. The van der Waals surface area contributed by atoms with E-state index in [0.717, 1.165) is 5.71 Å². The molecule has 1 aromatic rings. The molecule has 0 radical (unpaired) electrons. The number of carbonyl (C=O) groups is 1. The van der Waals surface area contributed by atoms with Gasteiger partial charge >= 0.3 is 0 Å². The van der Waals surface area contributed by atoms with Gasteiger partial charge in [0.25, 0.3) is 5.91 Å². The Morgan fingerprint density at radius 3 is 2.89 bits per heavy atom. The van der Waals surface area contributed by atoms with Crippen LogP contribution in [0.15, 0.2) is 23.4 Å². The first-order valence-corrected chi connectivity index (χ1v) is 5.51. The first kappa shape index (κ1) is 12.0. The summed E-state index contributed by atoms with van der Waals surface area (Å²) < 4.78 is 0. The van der Waals surface area contributed by atoms with Crippen LogP contribution in [0.1, 0.15) is 26.0 Å². The fraction of sp³-hybridized carbons (Fsp3) is 0.333. The molecule has 6 heteroatoms. The molecule has 6 nitrogen and oxygen atoms in total. The Bertz CT molecular complexity index is 543. The summed E-state index contributed by atoms with van der Waals surface area (Å²) >= 11 is 0. The smallest absolute Gasteiger partial charge is 0.251 e. The van der Waals surface area contributed by atoms with Crippen molar-refractivity contribution in [2.45, 2.75) is 25.8 Å². The lowest BCUT2D eigenvalue weighted by Gasteiger charge is -2.22. The van der Waals surface area contributed by atoms with Crippen molar-refractivity contribution < 1.29 is 4.79 Å². The lowest BCUT2D eigenvalue weighted by Crippen LogP contribution is -2.47. The summed E-state index contributed by atoms with van der Waals surface area (Å²) in [6.07, 6.45) is 2.03. The highest BCUT2D eigenvalue weighted by Gasteiger charge is 2.37. The van der Waals surface area contributed by atoms with E-state index in [1.807, 2.05) is 13.0 Å². The number of anilines is 1. The SMILES string of the molecule is CC1=NNC(C)(C(=O)Nc2ccc(C#N)nc2)C1. The highest BCUT2D eigenvalue weighted by atomic mass is 16.2. The molecule has 2 rings (SSSR count). The van der Waals surface area contributed by atoms with Crippen LogP contribution in [0, 0.1) is 11.3 Å². The van der Waals surface area contributed by atoms with Crippen molar-refractivity contribution in [3.63, 3.8) is 0 Å². The summed E-state index contributed by atoms with van der Waals surface area (Å²) in [6, 6.07) is 5.13. The van der Waals surface area contributed by atoms with Gasteiger partial charge in [-0.1, -0.05) is 0 Å². The molecule has 18 heavy (non-hydrogen) atoms. The quantitative estimate of drug-likeness (QED) is 0.811. The van der Waals surface area contributed by atoms with Gasteiger partial charge in [0.05, 0.1) is 11.9 Å². The van der Waals surface area contributed by atoms with E-state index < -0.39 is 5.54 Å². The van der Waals surface area contributed by atoms with E-state index in [2.05, 4.69) is 20.8 Å². The standard InChI is InChI=1S/C12H13N5O/c1-8-5-12(2,17-16-8)11(18)15-10-4-3-9(6-13)14-7-10/h3-4,7,17H,5H2,1-2H3,(H,15,18). The van der Waals surface area contributed by atoms with Crippen molar-refractivity contribution in [1.29, 1.82) is 5.26 Å². The summed E-state index contributed by atoms with van der Waals surface area (Å²) in [5.74, 6) is -0.172. The molecule has 0 spiro atoms. The molecule has 0 aliphatic carbocycles. The Morgan fingerprint density at radius 2 is 2.39 bits per heavy atom. The second-order valence-corrected chi connectivity index (χ2v) is 4.47. The number of pyridine rings is 1. The summed E-state index contributed by atoms with van der Waals surface area (Å²) in [5, 5.41) is 15.4. The third-order valence-corrected chi connectivity index (χ3v) is 2.74. The van der Waals surface area contributed by atoms with Crippen LogP contribution in [0.4, 0.5) is 5.69 Å². The van der Waals surface area contributed by atoms with Crippen LogP contribution in [-0.4, -0.2) is 22.1 Å². The highest BCUT2D eigenvalue weighted by molar-refractivity contribution is 6.02. The fourth-order valence-corrected chi connectivity index (χ4v) is 1.74. The first-order valence-electron chi connectivity index (χ1n) is 5.51. The third-order valence-electron chi connectivity index (χ3n) is 2.74. The maximum absolute atomic E-state index is 12.1. The number of nitrogens with zero attached hydrogens (tertiary/aromatic N) is 3. The molecule has 1 atom stereocenters. The summed E-state index contributed by atoms with van der Waals surface area (Å²) in [6.45, 7) is 3.66. The van der Waals surface area contributed by atoms with Crippen molar-refractivity contribution in [3.8, 4) is 6.07 Å². The van der Waals surface area contributed by atoms with E-state index in [-0.39, 0.29) is 5.91 Å². The summed E-state index contributed by atoms with van der Waals surface area (Å²) in [5.41, 5.74) is 3.88. The minimum absolute atomic E-state index is 0.172. The maximum atomic E-state index is 12.1. The minimum Gasteiger partial charge on any atom is -0.323 e. The van der Waals surface area contributed by atoms with Gasteiger partial charge in [0.15, 0.2) is 0 Å². The normalized spacial score (nSPS) is 21.7. The average molecular weight is 243 g/mol. The number of hydrogen-bond acceptors (Lipinski definition) is 5. The van der Waals surface area contributed by atoms with Crippen LogP contribution in [0.5, 0.6) is 0 Å². The van der Waals surface area contributed by atoms with Crippen molar-refractivity contribution in [2.75, 3.05) is 5.32 Å². The monoisotopic (exact) mass is 243 g/mol. The Hall–Kier alpha value is -2.42. The fourth-order valence-electron chi connectivity index (χ4n) is 1.74. The van der Waals surface area contributed by atoms with Crippen LogP contribution in [0.3, 0.4) is 0 Å². The van der Waals surface area contributed by atoms with E-state index in [1.165, 1.54) is 6.20 Å². The number of aromatic nitrogens is 1. The van der Waals surface area contributed by atoms with E-state index >= 15 is 0 Å². The predicted octanol–water partition coefficient (Wildman–Crippen LogP) is 1.02. The Balaban J connectivity index is 2.05. The average Bonchev–Trinajstić information content (AvgIpc) is 2.71. The molecular formula is C12H13N5O. The largest absolute Gasteiger partial charge is 0.323 e. The number of nitrogens with one attached hydrogen (secondary N) is 2. The first-order chi connectivity index (χ1) is 8.53. The zero-order chi connectivity index (χ0) is 13.2. The number of nitriles is 1. The lowest BCUT2D eigenvalue weighted by atomic mass is 9.96. The zero-order valence-corrected chi connectivity index (χ0v) is 10.2. The third kappa shape index (κ3) is 2.30. The number of amides is 1. The molecule has 0 bridgehead atoms. The molecule has 2 heterocycles. The summed E-state index contributed by atoms with van der Waals surface area (Å²) in [4.78, 5) is 16.0. The van der Waals surface area contributed by atoms with Gasteiger partial charge < -0.3 is 5.32 Å². The second kappa shape index (κ2) is 4.45. The van der Waals surface area contributed by atoms with Gasteiger partial charge in [0, 0.05) is 12.1 Å². The number of hydrazone groups is 1. The van der Waals surface area contributed by atoms with Crippen molar-refractivity contribution in [1.82, 2.24) is 10.4 Å². The Labute approximate surface area is 105 Å². The Morgan fingerprint density at radius 1 is 1.61 bits per heavy atom. The van der Waals surface area contributed by atoms with Gasteiger partial charge in [-0.3, -0.25) is 10.2 Å². The van der Waals surface area contributed by atoms with Crippen molar-refractivity contribution >= 4 is 17.3 Å². The zero-order valence-electron chi connectivity index (χ0n) is 10.2. The molecule has 0 saturated carbocycles. The molecule has 92 valence electrons. The molecule has 0 fully saturated rings. The van der Waals surface area contributed by atoms with Gasteiger partial charge in [-0.2, -0.15) is 10.4 Å². The molecule has 1 aliphatic rings.